The molecule has 5 heteroatoms. The van der Waals surface area contributed by atoms with Gasteiger partial charge in [0.25, 0.3) is 0 Å². The average Bonchev–Trinajstić information content (AvgIpc) is 3.00. The monoisotopic (exact) mass is 305 g/mol. The zero-order valence-corrected chi connectivity index (χ0v) is 13.5. The van der Waals surface area contributed by atoms with Crippen LogP contribution in [-0.4, -0.2) is 38.7 Å². The molecule has 1 saturated heterocycles. The number of nitrogens with one attached hydrogen (secondary N) is 1. The number of carbonyl (C=O) groups excluding carboxylic acids is 1. The first kappa shape index (κ1) is 16.6. The Morgan fingerprint density at radius 3 is 3.09 bits per heavy atom. The Bertz CT molecular complexity index is 491. The molecule has 5 nitrogen and oxygen atoms in total. The summed E-state index contributed by atoms with van der Waals surface area (Å²) >= 11 is 0. The van der Waals surface area contributed by atoms with Crippen LogP contribution in [0.15, 0.2) is 24.3 Å². The number of hydrogen-bond acceptors (Lipinski definition) is 4. The van der Waals surface area contributed by atoms with Crippen molar-refractivity contribution in [2.24, 2.45) is 11.7 Å². The number of rotatable bonds is 7. The van der Waals surface area contributed by atoms with Crippen LogP contribution in [0.5, 0.6) is 5.75 Å². The highest BCUT2D eigenvalue weighted by atomic mass is 16.5. The van der Waals surface area contributed by atoms with Crippen LogP contribution in [-0.2, 0) is 4.79 Å². The minimum Gasteiger partial charge on any atom is -0.497 e. The minimum atomic E-state index is 0.0841. The van der Waals surface area contributed by atoms with Crippen molar-refractivity contribution in [3.63, 3.8) is 0 Å². The number of benzene rings is 1. The van der Waals surface area contributed by atoms with Crippen LogP contribution in [0.2, 0.25) is 0 Å². The molecule has 0 bridgehead atoms. The lowest BCUT2D eigenvalue weighted by Crippen LogP contribution is -2.31. The molecular weight excluding hydrogens is 278 g/mol. The Labute approximate surface area is 132 Å². The summed E-state index contributed by atoms with van der Waals surface area (Å²) in [7, 11) is 1.68. The van der Waals surface area contributed by atoms with Gasteiger partial charge in [0.05, 0.1) is 7.11 Å². The molecule has 1 aliphatic rings. The van der Waals surface area contributed by atoms with Crippen molar-refractivity contribution in [1.82, 2.24) is 5.32 Å². The van der Waals surface area contributed by atoms with Crippen LogP contribution in [0.1, 0.15) is 26.2 Å². The van der Waals surface area contributed by atoms with E-state index >= 15 is 0 Å². The quantitative estimate of drug-likeness (QED) is 0.805. The maximum Gasteiger partial charge on any atom is 0.220 e. The van der Waals surface area contributed by atoms with E-state index in [9.17, 15) is 4.79 Å². The summed E-state index contributed by atoms with van der Waals surface area (Å²) in [5, 5.41) is 3.03. The van der Waals surface area contributed by atoms with E-state index in [0.29, 0.717) is 12.3 Å². The van der Waals surface area contributed by atoms with E-state index in [1.165, 1.54) is 5.69 Å². The normalized spacial score (nSPS) is 19.0. The maximum absolute atomic E-state index is 11.7. The molecule has 1 heterocycles. The van der Waals surface area contributed by atoms with Gasteiger partial charge in [-0.3, -0.25) is 4.79 Å². The molecule has 0 radical (unpaired) electrons. The summed E-state index contributed by atoms with van der Waals surface area (Å²) in [6, 6.07) is 8.21. The SMILES string of the molecule is COc1cccc(N2CCC(CNC(=O)CCC(C)N)C2)c1. The molecule has 22 heavy (non-hydrogen) atoms. The molecule has 2 atom stereocenters. The second kappa shape index (κ2) is 8.03. The summed E-state index contributed by atoms with van der Waals surface area (Å²) in [6.45, 7) is 4.67. The molecule has 1 aliphatic heterocycles. The largest absolute Gasteiger partial charge is 0.497 e. The molecule has 1 aromatic carbocycles. The second-order valence-corrected chi connectivity index (χ2v) is 6.12. The van der Waals surface area contributed by atoms with Crippen LogP contribution in [0, 0.1) is 5.92 Å². The third-order valence-corrected chi connectivity index (χ3v) is 4.12. The number of methoxy groups -OCH3 is 1. The lowest BCUT2D eigenvalue weighted by molar-refractivity contribution is -0.121. The molecule has 2 rings (SSSR count). The van der Waals surface area contributed by atoms with Crippen LogP contribution in [0.25, 0.3) is 0 Å². The molecule has 0 spiro atoms. The predicted molar refractivity (Wildman–Crippen MR) is 89.2 cm³/mol. The van der Waals surface area contributed by atoms with Gasteiger partial charge in [0.1, 0.15) is 5.75 Å². The van der Waals surface area contributed by atoms with Crippen molar-refractivity contribution in [3.05, 3.63) is 24.3 Å². The standard InChI is InChI=1S/C17H27N3O2/c1-13(18)6-7-17(21)19-11-14-8-9-20(12-14)15-4-3-5-16(10-15)22-2/h3-5,10,13-14H,6-9,11-12,18H2,1-2H3,(H,19,21). The van der Waals surface area contributed by atoms with Gasteiger partial charge < -0.3 is 20.7 Å². The third-order valence-electron chi connectivity index (χ3n) is 4.12. The lowest BCUT2D eigenvalue weighted by atomic mass is 10.1. The third kappa shape index (κ3) is 4.91. The van der Waals surface area contributed by atoms with Crippen molar-refractivity contribution in [2.45, 2.75) is 32.2 Å². The van der Waals surface area contributed by atoms with Gasteiger partial charge in [0.2, 0.25) is 5.91 Å². The van der Waals surface area contributed by atoms with Crippen molar-refractivity contribution >= 4 is 11.6 Å². The first-order valence-electron chi connectivity index (χ1n) is 7.99. The Balaban J connectivity index is 1.76. The fraction of sp³-hybridized carbons (Fsp3) is 0.588. The molecule has 1 amide bonds. The number of nitrogens with two attached hydrogens (primary N) is 1. The topological polar surface area (TPSA) is 67.6 Å². The summed E-state index contributed by atoms with van der Waals surface area (Å²) < 4.78 is 5.27. The van der Waals surface area contributed by atoms with Crippen LogP contribution >= 0.6 is 0 Å². The number of carbonyl (C=O) groups is 1. The van der Waals surface area contributed by atoms with Crippen LogP contribution in [0.3, 0.4) is 0 Å². The van der Waals surface area contributed by atoms with E-state index in [4.69, 9.17) is 10.5 Å². The molecule has 1 aromatic rings. The van der Waals surface area contributed by atoms with Gasteiger partial charge in [-0.25, -0.2) is 0 Å². The lowest BCUT2D eigenvalue weighted by Gasteiger charge is -2.19. The summed E-state index contributed by atoms with van der Waals surface area (Å²) in [5.74, 6) is 1.49. The fourth-order valence-corrected chi connectivity index (χ4v) is 2.75. The highest BCUT2D eigenvalue weighted by Gasteiger charge is 2.23. The zero-order chi connectivity index (χ0) is 15.9. The number of hydrogen-bond donors (Lipinski definition) is 2. The van der Waals surface area contributed by atoms with Gasteiger partial charge >= 0.3 is 0 Å². The van der Waals surface area contributed by atoms with Gasteiger partial charge in [-0.15, -0.1) is 0 Å². The van der Waals surface area contributed by atoms with E-state index in [-0.39, 0.29) is 11.9 Å². The molecule has 122 valence electrons. The van der Waals surface area contributed by atoms with Gasteiger partial charge in [-0.05, 0) is 37.8 Å². The van der Waals surface area contributed by atoms with Crippen molar-refractivity contribution in [2.75, 3.05) is 31.6 Å². The molecular formula is C17H27N3O2. The summed E-state index contributed by atoms with van der Waals surface area (Å²) in [6.07, 6.45) is 2.36. The van der Waals surface area contributed by atoms with Crippen molar-refractivity contribution < 1.29 is 9.53 Å². The molecule has 0 saturated carbocycles. The molecule has 1 fully saturated rings. The fourth-order valence-electron chi connectivity index (χ4n) is 2.75. The van der Waals surface area contributed by atoms with E-state index in [0.717, 1.165) is 38.2 Å². The van der Waals surface area contributed by atoms with Gasteiger partial charge in [-0.1, -0.05) is 6.07 Å². The van der Waals surface area contributed by atoms with Crippen LogP contribution in [0.4, 0.5) is 5.69 Å². The second-order valence-electron chi connectivity index (χ2n) is 6.12. The van der Waals surface area contributed by atoms with E-state index in [1.807, 2.05) is 19.1 Å². The average molecular weight is 305 g/mol. The highest BCUT2D eigenvalue weighted by molar-refractivity contribution is 5.75. The first-order valence-corrected chi connectivity index (χ1v) is 7.99. The van der Waals surface area contributed by atoms with Crippen molar-refractivity contribution in [3.8, 4) is 5.75 Å². The minimum absolute atomic E-state index is 0.0841. The summed E-state index contributed by atoms with van der Waals surface area (Å²) in [5.41, 5.74) is 6.85. The maximum atomic E-state index is 11.7. The molecule has 3 N–H and O–H groups in total. The smallest absolute Gasteiger partial charge is 0.220 e. The van der Waals surface area contributed by atoms with Crippen molar-refractivity contribution in [1.29, 1.82) is 0 Å². The number of nitrogens with zero attached hydrogens (tertiary/aromatic N) is 1. The van der Waals surface area contributed by atoms with Gasteiger partial charge in [0.15, 0.2) is 0 Å². The highest BCUT2D eigenvalue weighted by Crippen LogP contribution is 2.26. The molecule has 0 aromatic heterocycles. The van der Waals surface area contributed by atoms with E-state index in [1.54, 1.807) is 7.11 Å². The van der Waals surface area contributed by atoms with Gasteiger partial charge in [0, 0.05) is 43.9 Å². The Morgan fingerprint density at radius 1 is 1.55 bits per heavy atom. The number of amides is 1. The Hall–Kier alpha value is -1.75. The molecule has 2 unspecified atom stereocenters. The summed E-state index contributed by atoms with van der Waals surface area (Å²) in [4.78, 5) is 14.1. The first-order chi connectivity index (χ1) is 10.6. The molecule has 0 aliphatic carbocycles. The zero-order valence-electron chi connectivity index (χ0n) is 13.5. The number of anilines is 1. The van der Waals surface area contributed by atoms with Crippen LogP contribution < -0.4 is 20.7 Å². The predicted octanol–water partition coefficient (Wildman–Crippen LogP) is 1.77. The van der Waals surface area contributed by atoms with E-state index in [2.05, 4.69) is 22.3 Å². The Morgan fingerprint density at radius 2 is 2.36 bits per heavy atom. The number of ether oxygens (including phenoxy) is 1. The van der Waals surface area contributed by atoms with E-state index < -0.39 is 0 Å². The Kier molecular flexibility index (Phi) is 6.07. The van der Waals surface area contributed by atoms with Gasteiger partial charge in [-0.2, -0.15) is 0 Å².